The Labute approximate surface area is 206 Å². The molecule has 0 atom stereocenters. The molecule has 0 bridgehead atoms. The average molecular weight is 549 g/mol. The number of guanidine groups is 1. The van der Waals surface area contributed by atoms with Crippen LogP contribution in [-0.4, -0.2) is 98.6 Å². The number of hydrogen-bond acceptors (Lipinski definition) is 4. The first kappa shape index (κ1) is 26.6. The number of aliphatic imine (C=N–C) groups is 1. The average Bonchev–Trinajstić information content (AvgIpc) is 3.33. The highest BCUT2D eigenvalue weighted by atomic mass is 127. The van der Waals surface area contributed by atoms with E-state index in [0.717, 1.165) is 58.1 Å². The summed E-state index contributed by atoms with van der Waals surface area (Å²) in [5.74, 6) is 1.65. The largest absolute Gasteiger partial charge is 0.355 e. The van der Waals surface area contributed by atoms with E-state index >= 15 is 0 Å². The van der Waals surface area contributed by atoms with Crippen molar-refractivity contribution in [2.45, 2.75) is 64.3 Å². The zero-order valence-corrected chi connectivity index (χ0v) is 22.1. The van der Waals surface area contributed by atoms with Gasteiger partial charge in [-0.05, 0) is 38.6 Å². The van der Waals surface area contributed by atoms with Gasteiger partial charge < -0.3 is 20.4 Å². The van der Waals surface area contributed by atoms with Crippen molar-refractivity contribution >= 4 is 35.8 Å². The first-order chi connectivity index (χ1) is 14.7. The molecule has 2 N–H and O–H groups in total. The van der Waals surface area contributed by atoms with Crippen molar-refractivity contribution < 1.29 is 4.79 Å². The molecule has 0 spiro atoms. The third-order valence-corrected chi connectivity index (χ3v) is 7.09. The molecule has 2 aliphatic heterocycles. The van der Waals surface area contributed by atoms with Crippen molar-refractivity contribution in [3.63, 3.8) is 0 Å². The van der Waals surface area contributed by atoms with Gasteiger partial charge in [-0.1, -0.05) is 26.2 Å². The highest BCUT2D eigenvalue weighted by molar-refractivity contribution is 14.0. The lowest BCUT2D eigenvalue weighted by Gasteiger charge is -2.36. The number of hydrogen-bond donors (Lipinski definition) is 2. The van der Waals surface area contributed by atoms with E-state index in [2.05, 4.69) is 37.2 Å². The molecule has 0 radical (unpaired) electrons. The van der Waals surface area contributed by atoms with Gasteiger partial charge in [-0.3, -0.25) is 14.7 Å². The normalized spacial score (nSPS) is 22.4. The maximum absolute atomic E-state index is 12.6. The number of piperidine rings is 1. The number of piperazine rings is 1. The standard InChI is InChI=1S/C23H44N6O.HI/c1-3-4-12-27-13-9-21(10-14-27)26-23(24-2)25-11-15-28-16-18-29(19-17-28)22(30)20-7-5-6-8-20;/h20-21H,3-19H2,1-2H3,(H2,24,25,26);1H. The van der Waals surface area contributed by atoms with Crippen molar-refractivity contribution in [2.75, 3.05) is 66.0 Å². The van der Waals surface area contributed by atoms with Crippen molar-refractivity contribution in [3.05, 3.63) is 0 Å². The molecule has 3 fully saturated rings. The molecule has 1 aliphatic carbocycles. The van der Waals surface area contributed by atoms with Crippen molar-refractivity contribution in [3.8, 4) is 0 Å². The number of nitrogens with one attached hydrogen (secondary N) is 2. The fourth-order valence-electron chi connectivity index (χ4n) is 5.03. The molecule has 3 aliphatic rings. The molecule has 8 heteroatoms. The quantitative estimate of drug-likeness (QED) is 0.277. The maximum Gasteiger partial charge on any atom is 0.225 e. The Morgan fingerprint density at radius 1 is 0.935 bits per heavy atom. The van der Waals surface area contributed by atoms with Crippen LogP contribution in [0.25, 0.3) is 0 Å². The lowest BCUT2D eigenvalue weighted by Crippen LogP contribution is -2.53. The lowest BCUT2D eigenvalue weighted by atomic mass is 10.0. The molecular formula is C23H45IN6O. The molecule has 2 heterocycles. The number of carbonyl (C=O) groups is 1. The van der Waals surface area contributed by atoms with Crippen LogP contribution in [0.2, 0.25) is 0 Å². The highest BCUT2D eigenvalue weighted by Gasteiger charge is 2.29. The van der Waals surface area contributed by atoms with Crippen LogP contribution in [-0.2, 0) is 4.79 Å². The van der Waals surface area contributed by atoms with Gasteiger partial charge in [0, 0.05) is 71.4 Å². The Morgan fingerprint density at radius 3 is 2.19 bits per heavy atom. The molecule has 180 valence electrons. The Morgan fingerprint density at radius 2 is 1.58 bits per heavy atom. The van der Waals surface area contributed by atoms with Crippen LogP contribution in [0.3, 0.4) is 0 Å². The third-order valence-electron chi connectivity index (χ3n) is 7.09. The van der Waals surface area contributed by atoms with Gasteiger partial charge in [-0.2, -0.15) is 0 Å². The predicted molar refractivity (Wildman–Crippen MR) is 139 cm³/mol. The summed E-state index contributed by atoms with van der Waals surface area (Å²) < 4.78 is 0. The van der Waals surface area contributed by atoms with Gasteiger partial charge in [-0.15, -0.1) is 24.0 Å². The van der Waals surface area contributed by atoms with Gasteiger partial charge in [0.2, 0.25) is 5.91 Å². The van der Waals surface area contributed by atoms with Gasteiger partial charge in [0.15, 0.2) is 5.96 Å². The summed E-state index contributed by atoms with van der Waals surface area (Å²) in [4.78, 5) is 24.2. The molecule has 1 amide bonds. The van der Waals surface area contributed by atoms with E-state index in [-0.39, 0.29) is 24.0 Å². The molecule has 7 nitrogen and oxygen atoms in total. The Balaban J connectivity index is 0.00000341. The summed E-state index contributed by atoms with van der Waals surface area (Å²) >= 11 is 0. The van der Waals surface area contributed by atoms with Gasteiger partial charge in [0.05, 0.1) is 0 Å². The second-order valence-corrected chi connectivity index (χ2v) is 9.26. The smallest absolute Gasteiger partial charge is 0.225 e. The zero-order chi connectivity index (χ0) is 21.2. The van der Waals surface area contributed by atoms with E-state index < -0.39 is 0 Å². The minimum absolute atomic E-state index is 0. The minimum atomic E-state index is 0. The van der Waals surface area contributed by atoms with E-state index in [1.165, 1.54) is 58.2 Å². The second-order valence-electron chi connectivity index (χ2n) is 9.26. The molecule has 0 unspecified atom stereocenters. The summed E-state index contributed by atoms with van der Waals surface area (Å²) in [6, 6.07) is 0.527. The summed E-state index contributed by atoms with van der Waals surface area (Å²) in [7, 11) is 1.86. The maximum atomic E-state index is 12.6. The Hall–Kier alpha value is -0.610. The van der Waals surface area contributed by atoms with Gasteiger partial charge in [-0.25, -0.2) is 0 Å². The Kier molecular flexibility index (Phi) is 12.5. The van der Waals surface area contributed by atoms with E-state index in [1.807, 2.05) is 7.05 Å². The summed E-state index contributed by atoms with van der Waals surface area (Å²) in [5, 5.41) is 7.11. The van der Waals surface area contributed by atoms with E-state index in [1.54, 1.807) is 0 Å². The van der Waals surface area contributed by atoms with Gasteiger partial charge in [0.1, 0.15) is 0 Å². The van der Waals surface area contributed by atoms with Crippen LogP contribution in [0, 0.1) is 5.92 Å². The van der Waals surface area contributed by atoms with Crippen molar-refractivity contribution in [1.29, 1.82) is 0 Å². The third kappa shape index (κ3) is 8.68. The highest BCUT2D eigenvalue weighted by Crippen LogP contribution is 2.26. The summed E-state index contributed by atoms with van der Waals surface area (Å²) in [6.45, 7) is 11.5. The predicted octanol–water partition coefficient (Wildman–Crippen LogP) is 2.37. The van der Waals surface area contributed by atoms with Crippen molar-refractivity contribution in [2.24, 2.45) is 10.9 Å². The molecule has 0 aromatic carbocycles. The first-order valence-corrected chi connectivity index (χ1v) is 12.4. The second kappa shape index (κ2) is 14.5. The van der Waals surface area contributed by atoms with E-state index in [0.29, 0.717) is 17.9 Å². The lowest BCUT2D eigenvalue weighted by molar-refractivity contribution is -0.137. The molecule has 0 aromatic rings. The first-order valence-electron chi connectivity index (χ1n) is 12.4. The molecule has 0 aromatic heterocycles. The number of carbonyl (C=O) groups excluding carboxylic acids is 1. The van der Waals surface area contributed by atoms with Crippen LogP contribution in [0.5, 0.6) is 0 Å². The number of amides is 1. The van der Waals surface area contributed by atoms with Crippen LogP contribution < -0.4 is 10.6 Å². The number of rotatable bonds is 8. The molecule has 31 heavy (non-hydrogen) atoms. The van der Waals surface area contributed by atoms with Crippen LogP contribution in [0.4, 0.5) is 0 Å². The topological polar surface area (TPSA) is 63.2 Å². The fourth-order valence-corrected chi connectivity index (χ4v) is 5.03. The van der Waals surface area contributed by atoms with Crippen molar-refractivity contribution in [1.82, 2.24) is 25.3 Å². The fraction of sp³-hybridized carbons (Fsp3) is 0.913. The molecule has 3 rings (SSSR count). The van der Waals surface area contributed by atoms with Crippen LogP contribution in [0.15, 0.2) is 4.99 Å². The number of nitrogens with zero attached hydrogens (tertiary/aromatic N) is 4. The number of unbranched alkanes of at least 4 members (excludes halogenated alkanes) is 1. The number of likely N-dealkylation sites (tertiary alicyclic amines) is 1. The molecule has 2 saturated heterocycles. The minimum Gasteiger partial charge on any atom is -0.355 e. The SMILES string of the molecule is CCCCN1CCC(NC(=NC)NCCN2CCN(C(=O)C3CCCC3)CC2)CC1.I. The summed E-state index contributed by atoms with van der Waals surface area (Å²) in [6.07, 6.45) is 9.65. The monoisotopic (exact) mass is 548 g/mol. The van der Waals surface area contributed by atoms with Crippen LogP contribution >= 0.6 is 24.0 Å². The van der Waals surface area contributed by atoms with Crippen LogP contribution in [0.1, 0.15) is 58.3 Å². The molecule has 1 saturated carbocycles. The molecular weight excluding hydrogens is 503 g/mol. The zero-order valence-electron chi connectivity index (χ0n) is 19.8. The summed E-state index contributed by atoms with van der Waals surface area (Å²) in [5.41, 5.74) is 0. The van der Waals surface area contributed by atoms with E-state index in [9.17, 15) is 4.79 Å². The van der Waals surface area contributed by atoms with E-state index in [4.69, 9.17) is 0 Å². The Bertz CT molecular complexity index is 538. The number of halogens is 1. The van der Waals surface area contributed by atoms with Gasteiger partial charge in [0.25, 0.3) is 0 Å². The van der Waals surface area contributed by atoms with Gasteiger partial charge >= 0.3 is 0 Å².